The Balaban J connectivity index is 3.19. The monoisotopic (exact) mass is 210 g/mol. The van der Waals surface area contributed by atoms with Gasteiger partial charge >= 0.3 is 6.18 Å². The third kappa shape index (κ3) is 2.37. The average Bonchev–Trinajstić information content (AvgIpc) is 2.03. The molecule has 1 aromatic carbocycles. The van der Waals surface area contributed by atoms with Gasteiger partial charge < -0.3 is 0 Å². The van der Waals surface area contributed by atoms with Gasteiger partial charge in [0, 0.05) is 5.75 Å². The predicted octanol–water partition coefficient (Wildman–Crippen LogP) is 3.27. The SMILES string of the molecule is Fc1ccc(CS)cc1C(F)(F)F. The third-order valence-corrected chi connectivity index (χ3v) is 1.88. The van der Waals surface area contributed by atoms with Crippen LogP contribution >= 0.6 is 12.6 Å². The van der Waals surface area contributed by atoms with Crippen molar-refractivity contribution in [3.05, 3.63) is 35.1 Å². The Morgan fingerprint density at radius 2 is 1.85 bits per heavy atom. The molecule has 0 fully saturated rings. The van der Waals surface area contributed by atoms with Crippen LogP contribution in [0.5, 0.6) is 0 Å². The molecule has 0 amide bonds. The van der Waals surface area contributed by atoms with Crippen molar-refractivity contribution in [2.45, 2.75) is 11.9 Å². The van der Waals surface area contributed by atoms with Crippen LogP contribution in [0.25, 0.3) is 0 Å². The van der Waals surface area contributed by atoms with E-state index in [0.29, 0.717) is 5.56 Å². The molecule has 0 N–H and O–H groups in total. The summed E-state index contributed by atoms with van der Waals surface area (Å²) in [7, 11) is 0. The van der Waals surface area contributed by atoms with Gasteiger partial charge in [0.1, 0.15) is 5.82 Å². The molecular formula is C8H6F4S. The van der Waals surface area contributed by atoms with E-state index in [4.69, 9.17) is 0 Å². The molecule has 0 unspecified atom stereocenters. The van der Waals surface area contributed by atoms with Crippen LogP contribution in [0.1, 0.15) is 11.1 Å². The Labute approximate surface area is 78.0 Å². The first kappa shape index (κ1) is 10.4. The lowest BCUT2D eigenvalue weighted by atomic mass is 10.1. The van der Waals surface area contributed by atoms with Crippen LogP contribution in [-0.4, -0.2) is 0 Å². The molecule has 1 rings (SSSR count). The van der Waals surface area contributed by atoms with Crippen LogP contribution in [0, 0.1) is 5.82 Å². The molecule has 0 atom stereocenters. The van der Waals surface area contributed by atoms with Gasteiger partial charge in [0.25, 0.3) is 0 Å². The molecule has 0 spiro atoms. The Bertz CT molecular complexity index is 306. The molecule has 0 radical (unpaired) electrons. The quantitative estimate of drug-likeness (QED) is 0.533. The van der Waals surface area contributed by atoms with Crippen molar-refractivity contribution >= 4 is 12.6 Å². The number of benzene rings is 1. The van der Waals surface area contributed by atoms with E-state index in [1.165, 1.54) is 6.07 Å². The number of thiol groups is 1. The summed E-state index contributed by atoms with van der Waals surface area (Å²) in [5, 5.41) is 0. The minimum absolute atomic E-state index is 0.156. The van der Waals surface area contributed by atoms with Crippen molar-refractivity contribution in [1.82, 2.24) is 0 Å². The standard InChI is InChI=1S/C8H6F4S/c9-7-2-1-5(4-13)3-6(7)8(10,11)12/h1-3,13H,4H2. The summed E-state index contributed by atoms with van der Waals surface area (Å²) in [5.41, 5.74) is -0.892. The van der Waals surface area contributed by atoms with Crippen LogP contribution < -0.4 is 0 Å². The lowest BCUT2D eigenvalue weighted by Crippen LogP contribution is -2.08. The fourth-order valence-corrected chi connectivity index (χ4v) is 1.08. The van der Waals surface area contributed by atoms with Crippen molar-refractivity contribution in [1.29, 1.82) is 0 Å². The molecule has 0 aliphatic carbocycles. The Morgan fingerprint density at radius 3 is 2.31 bits per heavy atom. The van der Waals surface area contributed by atoms with Crippen LogP contribution in [0.3, 0.4) is 0 Å². The van der Waals surface area contributed by atoms with E-state index in [9.17, 15) is 17.6 Å². The van der Waals surface area contributed by atoms with Gasteiger partial charge in [0.2, 0.25) is 0 Å². The lowest BCUT2D eigenvalue weighted by Gasteiger charge is -2.08. The van der Waals surface area contributed by atoms with Crippen LogP contribution in [0.15, 0.2) is 18.2 Å². The van der Waals surface area contributed by atoms with Crippen molar-refractivity contribution < 1.29 is 17.6 Å². The highest BCUT2D eigenvalue weighted by Crippen LogP contribution is 2.31. The van der Waals surface area contributed by atoms with Crippen LogP contribution in [0.4, 0.5) is 17.6 Å². The molecule has 0 aliphatic rings. The second-order valence-electron chi connectivity index (χ2n) is 2.47. The maximum absolute atomic E-state index is 12.7. The van der Waals surface area contributed by atoms with E-state index >= 15 is 0 Å². The van der Waals surface area contributed by atoms with Crippen LogP contribution in [0.2, 0.25) is 0 Å². The van der Waals surface area contributed by atoms with Gasteiger partial charge in [-0.25, -0.2) is 4.39 Å². The highest BCUT2D eigenvalue weighted by atomic mass is 32.1. The zero-order chi connectivity index (χ0) is 10.1. The van der Waals surface area contributed by atoms with Gasteiger partial charge in [-0.1, -0.05) is 6.07 Å². The summed E-state index contributed by atoms with van der Waals surface area (Å²) < 4.78 is 49.0. The largest absolute Gasteiger partial charge is 0.419 e. The minimum atomic E-state index is -4.64. The first-order valence-electron chi connectivity index (χ1n) is 3.41. The van der Waals surface area contributed by atoms with Crippen molar-refractivity contribution in [3.8, 4) is 0 Å². The van der Waals surface area contributed by atoms with E-state index in [2.05, 4.69) is 12.6 Å². The Kier molecular flexibility index (Phi) is 2.85. The fraction of sp³-hybridized carbons (Fsp3) is 0.250. The van der Waals surface area contributed by atoms with Crippen molar-refractivity contribution in [2.24, 2.45) is 0 Å². The van der Waals surface area contributed by atoms with Gasteiger partial charge in [-0.15, -0.1) is 0 Å². The predicted molar refractivity (Wildman–Crippen MR) is 44.1 cm³/mol. The molecule has 0 saturated heterocycles. The Hall–Kier alpha value is -0.710. The Morgan fingerprint density at radius 1 is 1.23 bits per heavy atom. The normalized spacial score (nSPS) is 11.8. The van der Waals surface area contributed by atoms with Gasteiger partial charge in [0.15, 0.2) is 0 Å². The molecule has 5 heteroatoms. The first-order chi connectivity index (χ1) is 5.95. The molecule has 0 aromatic heterocycles. The molecule has 72 valence electrons. The maximum Gasteiger partial charge on any atom is 0.419 e. The van der Waals surface area contributed by atoms with Gasteiger partial charge in [-0.3, -0.25) is 0 Å². The number of rotatable bonds is 1. The zero-order valence-corrected chi connectivity index (χ0v) is 7.29. The molecule has 0 nitrogen and oxygen atoms in total. The van der Waals surface area contributed by atoms with E-state index in [0.717, 1.165) is 12.1 Å². The smallest absolute Gasteiger partial charge is 0.206 e. The molecule has 13 heavy (non-hydrogen) atoms. The van der Waals surface area contributed by atoms with Gasteiger partial charge in [0.05, 0.1) is 5.56 Å². The highest BCUT2D eigenvalue weighted by molar-refractivity contribution is 7.79. The summed E-state index contributed by atoms with van der Waals surface area (Å²) in [6, 6.07) is 2.84. The number of halogens is 4. The van der Waals surface area contributed by atoms with Gasteiger partial charge in [-0.05, 0) is 17.7 Å². The molecule has 1 aromatic rings. The van der Waals surface area contributed by atoms with E-state index in [-0.39, 0.29) is 5.75 Å². The van der Waals surface area contributed by atoms with Crippen molar-refractivity contribution in [2.75, 3.05) is 0 Å². The van der Waals surface area contributed by atoms with E-state index < -0.39 is 17.6 Å². The number of alkyl halides is 3. The van der Waals surface area contributed by atoms with Crippen LogP contribution in [-0.2, 0) is 11.9 Å². The average molecular weight is 210 g/mol. The summed E-state index contributed by atoms with van der Waals surface area (Å²) >= 11 is 3.80. The molecule has 0 heterocycles. The van der Waals surface area contributed by atoms with Crippen molar-refractivity contribution in [3.63, 3.8) is 0 Å². The van der Waals surface area contributed by atoms with E-state index in [1.54, 1.807) is 0 Å². The topological polar surface area (TPSA) is 0 Å². The second-order valence-corrected chi connectivity index (χ2v) is 2.79. The number of hydrogen-bond donors (Lipinski definition) is 1. The summed E-state index contributed by atoms with van der Waals surface area (Å²) in [6.07, 6.45) is -4.64. The third-order valence-electron chi connectivity index (χ3n) is 1.52. The minimum Gasteiger partial charge on any atom is -0.206 e. The highest BCUT2D eigenvalue weighted by Gasteiger charge is 2.33. The lowest BCUT2D eigenvalue weighted by molar-refractivity contribution is -0.140. The second kappa shape index (κ2) is 3.57. The first-order valence-corrected chi connectivity index (χ1v) is 4.05. The number of hydrogen-bond acceptors (Lipinski definition) is 1. The molecule has 0 aliphatic heterocycles. The summed E-state index contributed by atoms with van der Waals surface area (Å²) in [5.74, 6) is -1.10. The molecule has 0 saturated carbocycles. The zero-order valence-electron chi connectivity index (χ0n) is 6.40. The fourth-order valence-electron chi connectivity index (χ4n) is 0.888. The maximum atomic E-state index is 12.7. The summed E-state index contributed by atoms with van der Waals surface area (Å²) in [4.78, 5) is 0. The summed E-state index contributed by atoms with van der Waals surface area (Å²) in [6.45, 7) is 0. The molecular weight excluding hydrogens is 204 g/mol. The van der Waals surface area contributed by atoms with E-state index in [1.807, 2.05) is 0 Å². The van der Waals surface area contributed by atoms with Gasteiger partial charge in [-0.2, -0.15) is 25.8 Å². The molecule has 0 bridgehead atoms.